The molecule has 0 saturated carbocycles. The van der Waals surface area contributed by atoms with Gasteiger partial charge in [0.1, 0.15) is 5.82 Å². The molecule has 0 heterocycles. The maximum Gasteiger partial charge on any atom is 0.123 e. The Bertz CT molecular complexity index is 429. The van der Waals surface area contributed by atoms with E-state index < -0.39 is 0 Å². The van der Waals surface area contributed by atoms with Crippen molar-refractivity contribution in [3.8, 4) is 11.1 Å². The Hall–Kier alpha value is -1.63. The molecule has 0 aromatic heterocycles. The smallest absolute Gasteiger partial charge is 0.123 e. The van der Waals surface area contributed by atoms with Crippen molar-refractivity contribution >= 4 is 0 Å². The highest BCUT2D eigenvalue weighted by molar-refractivity contribution is 5.63. The fraction of sp³-hybridized carbons (Fsp3) is 0.0769. The first-order valence-electron chi connectivity index (χ1n) is 4.50. The molecule has 2 rings (SSSR count). The van der Waals surface area contributed by atoms with E-state index in [1.165, 1.54) is 12.1 Å². The van der Waals surface area contributed by atoms with E-state index in [2.05, 4.69) is 6.07 Å². The fourth-order valence-electron chi connectivity index (χ4n) is 1.35. The molecular weight excluding hydrogens is 175 g/mol. The summed E-state index contributed by atoms with van der Waals surface area (Å²) >= 11 is 0. The van der Waals surface area contributed by atoms with Crippen LogP contribution in [0.15, 0.2) is 42.5 Å². The van der Waals surface area contributed by atoms with E-state index in [0.29, 0.717) is 0 Å². The molecule has 0 N–H and O–H groups in total. The molecule has 0 nitrogen and oxygen atoms in total. The standard InChI is InChI=1S/C13H10F/c1-10-5-7-11(8-6-10)12-3-2-4-13(14)9-12/h2-5,7-9H,1H3. The van der Waals surface area contributed by atoms with Crippen molar-refractivity contribution in [1.82, 2.24) is 0 Å². The second-order valence-corrected chi connectivity index (χ2v) is 3.27. The molecule has 0 spiro atoms. The summed E-state index contributed by atoms with van der Waals surface area (Å²) < 4.78 is 12.9. The van der Waals surface area contributed by atoms with Crippen molar-refractivity contribution < 1.29 is 4.39 Å². The first kappa shape index (κ1) is 8.95. The zero-order valence-corrected chi connectivity index (χ0v) is 7.92. The van der Waals surface area contributed by atoms with Crippen molar-refractivity contribution in [2.75, 3.05) is 0 Å². The van der Waals surface area contributed by atoms with Crippen LogP contribution in [0.5, 0.6) is 0 Å². The van der Waals surface area contributed by atoms with Crippen LogP contribution in [0.1, 0.15) is 5.56 Å². The van der Waals surface area contributed by atoms with Gasteiger partial charge in [-0.15, -0.1) is 0 Å². The minimum Gasteiger partial charge on any atom is -0.207 e. The van der Waals surface area contributed by atoms with E-state index in [0.717, 1.165) is 16.7 Å². The molecule has 0 fully saturated rings. The van der Waals surface area contributed by atoms with E-state index >= 15 is 0 Å². The molecule has 69 valence electrons. The lowest BCUT2D eigenvalue weighted by Crippen LogP contribution is -1.80. The van der Waals surface area contributed by atoms with Crippen LogP contribution in [0.4, 0.5) is 4.39 Å². The first-order valence-corrected chi connectivity index (χ1v) is 4.50. The van der Waals surface area contributed by atoms with E-state index in [1.54, 1.807) is 6.07 Å². The summed E-state index contributed by atoms with van der Waals surface area (Å²) in [6.07, 6.45) is 0. The second-order valence-electron chi connectivity index (χ2n) is 3.27. The third-order valence-corrected chi connectivity index (χ3v) is 2.13. The van der Waals surface area contributed by atoms with Crippen LogP contribution in [0.2, 0.25) is 0 Å². The molecule has 1 heteroatoms. The lowest BCUT2D eigenvalue weighted by Gasteiger charge is -2.01. The van der Waals surface area contributed by atoms with E-state index in [-0.39, 0.29) is 5.82 Å². The predicted molar refractivity (Wildman–Crippen MR) is 55.4 cm³/mol. The Morgan fingerprint density at radius 2 is 1.93 bits per heavy atom. The zero-order valence-electron chi connectivity index (χ0n) is 7.92. The highest BCUT2D eigenvalue weighted by atomic mass is 19.1. The largest absolute Gasteiger partial charge is 0.207 e. The Morgan fingerprint density at radius 3 is 2.57 bits per heavy atom. The van der Waals surface area contributed by atoms with Gasteiger partial charge in [0.15, 0.2) is 0 Å². The van der Waals surface area contributed by atoms with Crippen molar-refractivity contribution in [3.63, 3.8) is 0 Å². The van der Waals surface area contributed by atoms with Gasteiger partial charge in [0, 0.05) is 0 Å². The van der Waals surface area contributed by atoms with Crippen LogP contribution in [-0.4, -0.2) is 0 Å². The minimum atomic E-state index is -0.205. The van der Waals surface area contributed by atoms with Crippen LogP contribution >= 0.6 is 0 Å². The molecule has 2 aromatic carbocycles. The highest BCUT2D eigenvalue weighted by Gasteiger charge is 1.97. The molecule has 0 aliphatic rings. The maximum absolute atomic E-state index is 12.9. The molecule has 0 atom stereocenters. The summed E-state index contributed by atoms with van der Waals surface area (Å²) in [6.45, 7) is 1.98. The van der Waals surface area contributed by atoms with Crippen LogP contribution in [-0.2, 0) is 0 Å². The summed E-state index contributed by atoms with van der Waals surface area (Å²) in [4.78, 5) is 0. The lowest BCUT2D eigenvalue weighted by molar-refractivity contribution is 0.628. The summed E-state index contributed by atoms with van der Waals surface area (Å²) in [5.41, 5.74) is 2.97. The number of aryl methyl sites for hydroxylation is 1. The topological polar surface area (TPSA) is 0 Å². The number of hydrogen-bond donors (Lipinski definition) is 0. The molecule has 0 amide bonds. The number of halogens is 1. The molecule has 0 aliphatic heterocycles. The fourth-order valence-corrected chi connectivity index (χ4v) is 1.35. The van der Waals surface area contributed by atoms with Gasteiger partial charge in [0.05, 0.1) is 0 Å². The molecular formula is C13H10F. The number of hydrogen-bond acceptors (Lipinski definition) is 0. The SMILES string of the molecule is Cc1[c]cc(-c2cccc(F)c2)cc1. The molecule has 0 unspecified atom stereocenters. The molecule has 1 radical (unpaired) electrons. The summed E-state index contributed by atoms with van der Waals surface area (Å²) in [7, 11) is 0. The zero-order chi connectivity index (χ0) is 9.97. The Kier molecular flexibility index (Phi) is 2.32. The third-order valence-electron chi connectivity index (χ3n) is 2.13. The molecule has 0 saturated heterocycles. The average Bonchev–Trinajstić information content (AvgIpc) is 2.19. The van der Waals surface area contributed by atoms with Crippen molar-refractivity contribution in [1.29, 1.82) is 0 Å². The minimum absolute atomic E-state index is 0.205. The van der Waals surface area contributed by atoms with Gasteiger partial charge in [0.2, 0.25) is 0 Å². The van der Waals surface area contributed by atoms with Gasteiger partial charge in [-0.2, -0.15) is 0 Å². The van der Waals surface area contributed by atoms with E-state index in [4.69, 9.17) is 0 Å². The molecule has 0 bridgehead atoms. The summed E-state index contributed by atoms with van der Waals surface area (Å²) in [5, 5.41) is 0. The summed E-state index contributed by atoms with van der Waals surface area (Å²) in [6, 6.07) is 15.5. The number of rotatable bonds is 1. The van der Waals surface area contributed by atoms with Gasteiger partial charge in [0.25, 0.3) is 0 Å². The predicted octanol–water partition coefficient (Wildman–Crippen LogP) is 3.60. The normalized spacial score (nSPS) is 10.1. The maximum atomic E-state index is 12.9. The van der Waals surface area contributed by atoms with Crippen LogP contribution in [0.3, 0.4) is 0 Å². The highest BCUT2D eigenvalue weighted by Crippen LogP contribution is 2.19. The van der Waals surface area contributed by atoms with Crippen LogP contribution in [0.25, 0.3) is 11.1 Å². The summed E-state index contributed by atoms with van der Waals surface area (Å²) in [5.74, 6) is -0.205. The van der Waals surface area contributed by atoms with Crippen molar-refractivity contribution in [2.45, 2.75) is 6.92 Å². The lowest BCUT2D eigenvalue weighted by atomic mass is 10.0. The molecule has 0 aliphatic carbocycles. The van der Waals surface area contributed by atoms with Gasteiger partial charge in [-0.25, -0.2) is 4.39 Å². The Morgan fingerprint density at radius 1 is 1.07 bits per heavy atom. The van der Waals surface area contributed by atoms with E-state index in [9.17, 15) is 4.39 Å². The van der Waals surface area contributed by atoms with Crippen LogP contribution in [0, 0.1) is 18.8 Å². The Balaban J connectivity index is 2.44. The van der Waals surface area contributed by atoms with Gasteiger partial charge in [-0.1, -0.05) is 24.3 Å². The van der Waals surface area contributed by atoms with Gasteiger partial charge < -0.3 is 0 Å². The van der Waals surface area contributed by atoms with Gasteiger partial charge >= 0.3 is 0 Å². The monoisotopic (exact) mass is 185 g/mol. The van der Waals surface area contributed by atoms with Crippen molar-refractivity contribution in [2.24, 2.45) is 0 Å². The van der Waals surface area contributed by atoms with E-state index in [1.807, 2.05) is 31.2 Å². The first-order chi connectivity index (χ1) is 6.75. The van der Waals surface area contributed by atoms with Gasteiger partial charge in [-0.3, -0.25) is 0 Å². The molecule has 2 aromatic rings. The average molecular weight is 185 g/mol. The third kappa shape index (κ3) is 1.82. The quantitative estimate of drug-likeness (QED) is 0.636. The van der Waals surface area contributed by atoms with Gasteiger partial charge in [-0.05, 0) is 47.9 Å². The number of benzene rings is 2. The Labute approximate surface area is 83.0 Å². The van der Waals surface area contributed by atoms with Crippen molar-refractivity contribution in [3.05, 3.63) is 59.9 Å². The second kappa shape index (κ2) is 3.62. The van der Waals surface area contributed by atoms with Crippen LogP contribution < -0.4 is 0 Å². The molecule has 14 heavy (non-hydrogen) atoms.